The standard InChI is InChI=1S/C19H22N2O6S2/c1-28(23,24)18-5-3-2-4-17(18)19(22)20-14-15-6-8-16(9-7-15)29(25,26)21-10-12-27-13-11-21/h2-9H,10-14H2,1H3,(H,20,22). The quantitative estimate of drug-likeness (QED) is 0.722. The molecule has 0 unspecified atom stereocenters. The fourth-order valence-corrected chi connectivity index (χ4v) is 5.26. The fraction of sp³-hybridized carbons (Fsp3) is 0.316. The Hall–Kier alpha value is -2.27. The van der Waals surface area contributed by atoms with Gasteiger partial charge in [-0.25, -0.2) is 16.8 Å². The normalized spacial score (nSPS) is 15.8. The first kappa shape index (κ1) is 21.4. The number of sulfone groups is 1. The second kappa shape index (κ2) is 8.62. The maximum absolute atomic E-state index is 12.6. The largest absolute Gasteiger partial charge is 0.379 e. The van der Waals surface area contributed by atoms with Crippen LogP contribution >= 0.6 is 0 Å². The van der Waals surface area contributed by atoms with Crippen LogP contribution in [0.1, 0.15) is 15.9 Å². The summed E-state index contributed by atoms with van der Waals surface area (Å²) in [6.45, 7) is 1.52. The van der Waals surface area contributed by atoms with Crippen molar-refractivity contribution in [3.8, 4) is 0 Å². The molecule has 0 atom stereocenters. The van der Waals surface area contributed by atoms with Crippen molar-refractivity contribution in [3.63, 3.8) is 0 Å². The molecule has 0 aromatic heterocycles. The minimum atomic E-state index is -3.58. The number of amides is 1. The van der Waals surface area contributed by atoms with Crippen molar-refractivity contribution in [1.29, 1.82) is 0 Å². The molecular weight excluding hydrogens is 416 g/mol. The zero-order valence-corrected chi connectivity index (χ0v) is 17.5. The Kier molecular flexibility index (Phi) is 6.37. The molecule has 0 spiro atoms. The molecule has 1 aliphatic heterocycles. The highest BCUT2D eigenvalue weighted by atomic mass is 32.2. The van der Waals surface area contributed by atoms with Crippen LogP contribution in [-0.2, 0) is 31.1 Å². The molecule has 1 aliphatic rings. The molecule has 1 fully saturated rings. The molecule has 2 aromatic carbocycles. The van der Waals surface area contributed by atoms with Crippen LogP contribution in [0.25, 0.3) is 0 Å². The summed E-state index contributed by atoms with van der Waals surface area (Å²) in [5.41, 5.74) is 0.762. The maximum Gasteiger partial charge on any atom is 0.252 e. The van der Waals surface area contributed by atoms with Crippen molar-refractivity contribution in [1.82, 2.24) is 9.62 Å². The zero-order chi connectivity index (χ0) is 21.1. The summed E-state index contributed by atoms with van der Waals surface area (Å²) >= 11 is 0. The minimum Gasteiger partial charge on any atom is -0.379 e. The number of rotatable bonds is 6. The predicted octanol–water partition coefficient (Wildman–Crippen LogP) is 1.04. The van der Waals surface area contributed by atoms with Crippen molar-refractivity contribution in [3.05, 3.63) is 59.7 Å². The molecule has 0 saturated carbocycles. The molecule has 10 heteroatoms. The van der Waals surface area contributed by atoms with E-state index in [1.807, 2.05) is 0 Å². The number of morpholine rings is 1. The van der Waals surface area contributed by atoms with Gasteiger partial charge in [0.2, 0.25) is 10.0 Å². The molecule has 0 radical (unpaired) electrons. The number of hydrogen-bond acceptors (Lipinski definition) is 6. The molecule has 1 saturated heterocycles. The van der Waals surface area contributed by atoms with Crippen LogP contribution in [0.2, 0.25) is 0 Å². The number of nitrogens with one attached hydrogen (secondary N) is 1. The molecule has 1 heterocycles. The summed E-state index contributed by atoms with van der Waals surface area (Å²) in [6.07, 6.45) is 1.05. The highest BCUT2D eigenvalue weighted by molar-refractivity contribution is 7.90. The van der Waals surface area contributed by atoms with Crippen molar-refractivity contribution in [2.24, 2.45) is 0 Å². The summed E-state index contributed by atoms with van der Waals surface area (Å²) in [5, 5.41) is 2.67. The lowest BCUT2D eigenvalue weighted by atomic mass is 10.2. The van der Waals surface area contributed by atoms with Gasteiger partial charge in [-0.1, -0.05) is 24.3 Å². The van der Waals surface area contributed by atoms with Crippen LogP contribution in [0.5, 0.6) is 0 Å². The Morgan fingerprint density at radius 1 is 1.00 bits per heavy atom. The molecule has 156 valence electrons. The maximum atomic E-state index is 12.6. The first-order chi connectivity index (χ1) is 13.7. The number of benzene rings is 2. The Balaban J connectivity index is 1.69. The predicted molar refractivity (Wildman–Crippen MR) is 107 cm³/mol. The van der Waals surface area contributed by atoms with E-state index >= 15 is 0 Å². The lowest BCUT2D eigenvalue weighted by Crippen LogP contribution is -2.40. The van der Waals surface area contributed by atoms with Gasteiger partial charge in [0.15, 0.2) is 9.84 Å². The summed E-state index contributed by atoms with van der Waals surface area (Å²) in [6, 6.07) is 12.2. The number of hydrogen-bond donors (Lipinski definition) is 1. The summed E-state index contributed by atoms with van der Waals surface area (Å²) in [7, 11) is -7.11. The van der Waals surface area contributed by atoms with E-state index in [0.29, 0.717) is 31.9 Å². The average Bonchev–Trinajstić information content (AvgIpc) is 2.72. The number of carbonyl (C=O) groups excluding carboxylic acids is 1. The Morgan fingerprint density at radius 2 is 1.62 bits per heavy atom. The highest BCUT2D eigenvalue weighted by Gasteiger charge is 2.26. The molecule has 0 bridgehead atoms. The van der Waals surface area contributed by atoms with Gasteiger partial charge in [0.05, 0.1) is 28.6 Å². The van der Waals surface area contributed by atoms with E-state index in [2.05, 4.69) is 5.32 Å². The first-order valence-electron chi connectivity index (χ1n) is 8.94. The van der Waals surface area contributed by atoms with Crippen molar-refractivity contribution in [2.45, 2.75) is 16.3 Å². The highest BCUT2D eigenvalue weighted by Crippen LogP contribution is 2.18. The fourth-order valence-electron chi connectivity index (χ4n) is 2.97. The molecule has 1 amide bonds. The monoisotopic (exact) mass is 438 g/mol. The van der Waals surface area contributed by atoms with E-state index in [1.165, 1.54) is 28.6 Å². The van der Waals surface area contributed by atoms with Crippen LogP contribution in [0.15, 0.2) is 58.3 Å². The van der Waals surface area contributed by atoms with Crippen molar-refractivity contribution < 1.29 is 26.4 Å². The SMILES string of the molecule is CS(=O)(=O)c1ccccc1C(=O)NCc1ccc(S(=O)(=O)N2CCOCC2)cc1. The van der Waals surface area contributed by atoms with E-state index in [1.54, 1.807) is 24.3 Å². The van der Waals surface area contributed by atoms with Crippen molar-refractivity contribution in [2.75, 3.05) is 32.6 Å². The van der Waals surface area contributed by atoms with Gasteiger partial charge in [-0.15, -0.1) is 0 Å². The number of nitrogens with zero attached hydrogens (tertiary/aromatic N) is 1. The average molecular weight is 439 g/mol. The van der Waals surface area contributed by atoms with Gasteiger partial charge in [-0.05, 0) is 29.8 Å². The van der Waals surface area contributed by atoms with Gasteiger partial charge in [0.1, 0.15) is 0 Å². The van der Waals surface area contributed by atoms with E-state index in [-0.39, 0.29) is 21.9 Å². The lowest BCUT2D eigenvalue weighted by molar-refractivity contribution is 0.0730. The first-order valence-corrected chi connectivity index (χ1v) is 12.3. The summed E-state index contributed by atoms with van der Waals surface area (Å²) in [4.78, 5) is 12.6. The van der Waals surface area contributed by atoms with Crippen LogP contribution in [0.4, 0.5) is 0 Å². The summed E-state index contributed by atoms with van der Waals surface area (Å²) in [5.74, 6) is -0.518. The Morgan fingerprint density at radius 3 is 2.24 bits per heavy atom. The van der Waals surface area contributed by atoms with Crippen LogP contribution in [0, 0.1) is 0 Å². The third-order valence-corrected chi connectivity index (χ3v) is 7.58. The van der Waals surface area contributed by atoms with Gasteiger partial charge in [0.25, 0.3) is 5.91 Å². The van der Waals surface area contributed by atoms with Crippen LogP contribution in [0.3, 0.4) is 0 Å². The lowest BCUT2D eigenvalue weighted by Gasteiger charge is -2.26. The van der Waals surface area contributed by atoms with E-state index in [4.69, 9.17) is 4.74 Å². The number of sulfonamides is 1. The third kappa shape index (κ3) is 5.02. The minimum absolute atomic E-state index is 0.0375. The van der Waals surface area contributed by atoms with Gasteiger partial charge < -0.3 is 10.1 Å². The Labute approximate surface area is 170 Å². The molecular formula is C19H22N2O6S2. The van der Waals surface area contributed by atoms with E-state index in [9.17, 15) is 21.6 Å². The van der Waals surface area contributed by atoms with Crippen LogP contribution < -0.4 is 5.32 Å². The number of carbonyl (C=O) groups is 1. The molecule has 29 heavy (non-hydrogen) atoms. The smallest absolute Gasteiger partial charge is 0.252 e. The second-order valence-corrected chi connectivity index (χ2v) is 10.5. The topological polar surface area (TPSA) is 110 Å². The number of ether oxygens (including phenoxy) is 1. The molecule has 0 aliphatic carbocycles. The van der Waals surface area contributed by atoms with Gasteiger partial charge in [-0.3, -0.25) is 4.79 Å². The van der Waals surface area contributed by atoms with E-state index < -0.39 is 25.8 Å². The summed E-state index contributed by atoms with van der Waals surface area (Å²) < 4.78 is 55.5. The third-order valence-electron chi connectivity index (χ3n) is 4.52. The zero-order valence-electron chi connectivity index (χ0n) is 15.9. The van der Waals surface area contributed by atoms with Gasteiger partial charge in [-0.2, -0.15) is 4.31 Å². The molecule has 3 rings (SSSR count). The van der Waals surface area contributed by atoms with Crippen molar-refractivity contribution >= 4 is 25.8 Å². The second-order valence-electron chi connectivity index (χ2n) is 6.61. The van der Waals surface area contributed by atoms with Crippen LogP contribution in [-0.4, -0.2) is 59.6 Å². The van der Waals surface area contributed by atoms with E-state index in [0.717, 1.165) is 6.26 Å². The van der Waals surface area contributed by atoms with Gasteiger partial charge >= 0.3 is 0 Å². The van der Waals surface area contributed by atoms with Gasteiger partial charge in [0, 0.05) is 25.9 Å². The molecule has 8 nitrogen and oxygen atoms in total. The Bertz CT molecular complexity index is 1090. The molecule has 1 N–H and O–H groups in total. The molecule has 2 aromatic rings.